The maximum atomic E-state index is 12.2. The van der Waals surface area contributed by atoms with Crippen LogP contribution in [0.3, 0.4) is 0 Å². The van der Waals surface area contributed by atoms with E-state index in [4.69, 9.17) is 18.0 Å². The Kier molecular flexibility index (Phi) is 4.69. The molecule has 2 N–H and O–H groups in total. The predicted octanol–water partition coefficient (Wildman–Crippen LogP) is 1.55. The molecule has 17 heavy (non-hydrogen) atoms. The number of carbonyl (C=O) groups excluding carboxylic acids is 1. The molecule has 1 aromatic rings. The highest BCUT2D eigenvalue weighted by atomic mass is 32.1. The zero-order valence-electron chi connectivity index (χ0n) is 10.5. The Labute approximate surface area is 107 Å². The molecule has 0 saturated carbocycles. The maximum Gasteiger partial charge on any atom is 0.245 e. The lowest BCUT2D eigenvalue weighted by atomic mass is 10.2. The first-order chi connectivity index (χ1) is 8.02. The Hall–Kier alpha value is -1.36. The van der Waals surface area contributed by atoms with Gasteiger partial charge in [-0.1, -0.05) is 12.2 Å². The molecule has 0 aliphatic heterocycles. The van der Waals surface area contributed by atoms with Crippen LogP contribution in [0.15, 0.2) is 18.3 Å². The van der Waals surface area contributed by atoms with Crippen LogP contribution in [-0.4, -0.2) is 33.5 Å². The fraction of sp³-hybridized carbons (Fsp3) is 0.500. The zero-order valence-corrected chi connectivity index (χ0v) is 11.3. The molecule has 4 nitrogen and oxygen atoms in total. The minimum absolute atomic E-state index is 0.0868. The van der Waals surface area contributed by atoms with Gasteiger partial charge in [-0.25, -0.2) is 0 Å². The summed E-state index contributed by atoms with van der Waals surface area (Å²) in [6.07, 6.45) is 1.83. The molecule has 0 spiro atoms. The van der Waals surface area contributed by atoms with Crippen molar-refractivity contribution >= 4 is 23.1 Å². The van der Waals surface area contributed by atoms with Crippen molar-refractivity contribution < 1.29 is 4.79 Å². The summed E-state index contributed by atoms with van der Waals surface area (Å²) in [5, 5.41) is 0. The number of carbonyl (C=O) groups is 1. The molecule has 5 heteroatoms. The normalized spacial score (nSPS) is 12.2. The Morgan fingerprint density at radius 2 is 2.12 bits per heavy atom. The van der Waals surface area contributed by atoms with Gasteiger partial charge in [0.15, 0.2) is 0 Å². The number of amides is 1. The number of hydrogen-bond acceptors (Lipinski definition) is 2. The monoisotopic (exact) mass is 253 g/mol. The molecule has 94 valence electrons. The van der Waals surface area contributed by atoms with Gasteiger partial charge in [0.25, 0.3) is 0 Å². The summed E-state index contributed by atoms with van der Waals surface area (Å²) < 4.78 is 1.82. The molecular weight excluding hydrogens is 234 g/mol. The van der Waals surface area contributed by atoms with Crippen molar-refractivity contribution in [1.82, 2.24) is 9.47 Å². The molecule has 0 aliphatic rings. The number of nitrogens with two attached hydrogens (primary N) is 1. The quantitative estimate of drug-likeness (QED) is 0.810. The fourth-order valence-corrected chi connectivity index (χ4v) is 2.03. The van der Waals surface area contributed by atoms with E-state index < -0.39 is 0 Å². The van der Waals surface area contributed by atoms with Gasteiger partial charge in [0, 0.05) is 19.3 Å². The maximum absolute atomic E-state index is 12.2. The second-order valence-electron chi connectivity index (χ2n) is 3.85. The van der Waals surface area contributed by atoms with Crippen molar-refractivity contribution in [3.05, 3.63) is 24.0 Å². The molecule has 1 amide bonds. The summed E-state index contributed by atoms with van der Waals surface area (Å²) in [5.74, 6) is 0.0868. The Morgan fingerprint density at radius 1 is 1.53 bits per heavy atom. The smallest absolute Gasteiger partial charge is 0.245 e. The lowest BCUT2D eigenvalue weighted by Crippen LogP contribution is -2.36. The average Bonchev–Trinajstić information content (AvgIpc) is 2.78. The lowest BCUT2D eigenvalue weighted by Gasteiger charge is -2.24. The van der Waals surface area contributed by atoms with Gasteiger partial charge < -0.3 is 15.2 Å². The third-order valence-corrected chi connectivity index (χ3v) is 3.09. The molecule has 0 bridgehead atoms. The van der Waals surface area contributed by atoms with Crippen molar-refractivity contribution in [2.75, 3.05) is 13.1 Å². The molecule has 1 aromatic heterocycles. The van der Waals surface area contributed by atoms with E-state index in [1.807, 2.05) is 43.7 Å². The average molecular weight is 253 g/mol. The minimum atomic E-state index is -0.276. The summed E-state index contributed by atoms with van der Waals surface area (Å²) >= 11 is 4.96. The van der Waals surface area contributed by atoms with Crippen molar-refractivity contribution in [3.8, 4) is 0 Å². The number of nitrogens with zero attached hydrogens (tertiary/aromatic N) is 2. The van der Waals surface area contributed by atoms with Crippen LogP contribution in [0.4, 0.5) is 0 Å². The van der Waals surface area contributed by atoms with Gasteiger partial charge in [0.2, 0.25) is 5.91 Å². The van der Waals surface area contributed by atoms with Crippen LogP contribution in [-0.2, 0) is 4.79 Å². The third-order valence-electron chi connectivity index (χ3n) is 2.88. The second-order valence-corrected chi connectivity index (χ2v) is 4.29. The van der Waals surface area contributed by atoms with Gasteiger partial charge in [-0.2, -0.15) is 0 Å². The molecule has 0 aromatic carbocycles. The Morgan fingerprint density at radius 3 is 2.59 bits per heavy atom. The zero-order chi connectivity index (χ0) is 13.0. The minimum Gasteiger partial charge on any atom is -0.388 e. The van der Waals surface area contributed by atoms with Crippen LogP contribution in [0.1, 0.15) is 32.5 Å². The van der Waals surface area contributed by atoms with Gasteiger partial charge >= 0.3 is 0 Å². The van der Waals surface area contributed by atoms with Crippen LogP contribution >= 0.6 is 12.2 Å². The van der Waals surface area contributed by atoms with Crippen LogP contribution in [0, 0.1) is 0 Å². The summed E-state index contributed by atoms with van der Waals surface area (Å²) in [5.41, 5.74) is 6.35. The molecule has 0 aliphatic carbocycles. The van der Waals surface area contributed by atoms with Crippen molar-refractivity contribution in [2.45, 2.75) is 26.8 Å². The molecular formula is C12H19N3OS. The van der Waals surface area contributed by atoms with E-state index in [-0.39, 0.29) is 11.9 Å². The van der Waals surface area contributed by atoms with Crippen LogP contribution in [0.2, 0.25) is 0 Å². The number of rotatable bonds is 5. The molecule has 1 rings (SSSR count). The van der Waals surface area contributed by atoms with Crippen LogP contribution < -0.4 is 5.73 Å². The fourth-order valence-electron chi connectivity index (χ4n) is 1.86. The van der Waals surface area contributed by atoms with Gasteiger partial charge in [-0.15, -0.1) is 0 Å². The first-order valence-corrected chi connectivity index (χ1v) is 6.19. The van der Waals surface area contributed by atoms with Gasteiger partial charge in [0.05, 0.1) is 5.69 Å². The summed E-state index contributed by atoms with van der Waals surface area (Å²) in [6, 6.07) is 3.40. The Balaban J connectivity index is 2.96. The van der Waals surface area contributed by atoms with Crippen molar-refractivity contribution in [3.63, 3.8) is 0 Å². The lowest BCUT2D eigenvalue weighted by molar-refractivity contribution is -0.133. The van der Waals surface area contributed by atoms with E-state index in [2.05, 4.69) is 0 Å². The Bertz CT molecular complexity index is 410. The second kappa shape index (κ2) is 5.82. The summed E-state index contributed by atoms with van der Waals surface area (Å²) in [4.78, 5) is 14.3. The van der Waals surface area contributed by atoms with Gasteiger partial charge in [0.1, 0.15) is 11.0 Å². The van der Waals surface area contributed by atoms with E-state index in [0.29, 0.717) is 18.1 Å². The summed E-state index contributed by atoms with van der Waals surface area (Å²) in [6.45, 7) is 7.23. The topological polar surface area (TPSA) is 51.3 Å². The van der Waals surface area contributed by atoms with E-state index in [1.54, 1.807) is 4.90 Å². The van der Waals surface area contributed by atoms with Crippen LogP contribution in [0.5, 0.6) is 0 Å². The largest absolute Gasteiger partial charge is 0.388 e. The standard InChI is InChI=1S/C12H19N3OS/c1-4-14(5-2)12(16)9(3)15-8-6-7-10(15)11(13)17/h6-9H,4-5H2,1-3H3,(H2,13,17). The molecule has 1 heterocycles. The number of likely N-dealkylation sites (N-methyl/N-ethyl adjacent to an activating group) is 1. The molecule has 0 saturated heterocycles. The number of thiocarbonyl (C=S) groups is 1. The van der Waals surface area contributed by atoms with Gasteiger partial charge in [-0.3, -0.25) is 4.79 Å². The molecule has 1 atom stereocenters. The third kappa shape index (κ3) is 2.85. The first-order valence-electron chi connectivity index (χ1n) is 5.78. The number of aromatic nitrogens is 1. The summed E-state index contributed by atoms with van der Waals surface area (Å²) in [7, 11) is 0. The predicted molar refractivity (Wildman–Crippen MR) is 73.0 cm³/mol. The van der Waals surface area contributed by atoms with E-state index >= 15 is 0 Å². The van der Waals surface area contributed by atoms with E-state index in [0.717, 1.165) is 5.69 Å². The van der Waals surface area contributed by atoms with E-state index in [1.165, 1.54) is 0 Å². The molecule has 0 radical (unpaired) electrons. The molecule has 0 fully saturated rings. The van der Waals surface area contributed by atoms with Crippen molar-refractivity contribution in [2.24, 2.45) is 5.73 Å². The van der Waals surface area contributed by atoms with Crippen LogP contribution in [0.25, 0.3) is 0 Å². The SMILES string of the molecule is CCN(CC)C(=O)C(C)n1cccc1C(N)=S. The first kappa shape index (κ1) is 13.7. The highest BCUT2D eigenvalue weighted by Gasteiger charge is 2.21. The van der Waals surface area contributed by atoms with Crippen molar-refractivity contribution in [1.29, 1.82) is 0 Å². The highest BCUT2D eigenvalue weighted by Crippen LogP contribution is 2.14. The highest BCUT2D eigenvalue weighted by molar-refractivity contribution is 7.80. The number of hydrogen-bond donors (Lipinski definition) is 1. The van der Waals surface area contributed by atoms with E-state index in [9.17, 15) is 4.79 Å². The molecule has 1 unspecified atom stereocenters. The van der Waals surface area contributed by atoms with Gasteiger partial charge in [-0.05, 0) is 32.9 Å².